The quantitative estimate of drug-likeness (QED) is 0.460. The Morgan fingerprint density at radius 2 is 1.68 bits per heavy atom. The van der Waals surface area contributed by atoms with Crippen LogP contribution in [0.5, 0.6) is 0 Å². The SMILES string of the molecule is CC(C)N(CCCOC1(Cc2ccccc2)CC2CCC1(C)C2(C)C)C(C)C. The van der Waals surface area contributed by atoms with E-state index in [2.05, 4.69) is 83.7 Å². The number of fused-ring (bicyclic) bond motifs is 2. The van der Waals surface area contributed by atoms with Crippen molar-refractivity contribution in [3.63, 3.8) is 0 Å². The standard InChI is InChI=1S/C26H43NO/c1-20(2)27(21(3)4)16-11-17-28-26(18-22-12-9-8-10-13-22)19-23-14-15-25(26,7)24(23,5)6/h8-10,12-13,20-21,23H,11,14-19H2,1-7H3. The summed E-state index contributed by atoms with van der Waals surface area (Å²) in [5, 5.41) is 0. The Balaban J connectivity index is 1.74. The van der Waals surface area contributed by atoms with Gasteiger partial charge in [-0.15, -0.1) is 0 Å². The number of benzene rings is 1. The molecule has 3 unspecified atom stereocenters. The van der Waals surface area contributed by atoms with Crippen molar-refractivity contribution in [1.29, 1.82) is 0 Å². The number of nitrogens with zero attached hydrogens (tertiary/aromatic N) is 1. The van der Waals surface area contributed by atoms with Crippen molar-refractivity contribution in [2.75, 3.05) is 13.2 Å². The first-order chi connectivity index (χ1) is 13.1. The van der Waals surface area contributed by atoms with Gasteiger partial charge in [0.2, 0.25) is 0 Å². The Labute approximate surface area is 174 Å². The van der Waals surface area contributed by atoms with E-state index in [0.29, 0.717) is 17.5 Å². The van der Waals surface area contributed by atoms with Crippen molar-refractivity contribution in [3.05, 3.63) is 35.9 Å². The molecule has 2 heteroatoms. The van der Waals surface area contributed by atoms with Gasteiger partial charge in [-0.05, 0) is 70.3 Å². The fourth-order valence-electron chi connectivity index (χ4n) is 6.48. The summed E-state index contributed by atoms with van der Waals surface area (Å²) in [5.74, 6) is 0.795. The summed E-state index contributed by atoms with van der Waals surface area (Å²) in [4.78, 5) is 2.58. The molecule has 0 saturated heterocycles. The van der Waals surface area contributed by atoms with E-state index in [9.17, 15) is 0 Å². The second-order valence-corrected chi connectivity index (χ2v) is 10.8. The van der Waals surface area contributed by atoms with E-state index >= 15 is 0 Å². The molecule has 0 spiro atoms. The molecule has 0 aliphatic heterocycles. The van der Waals surface area contributed by atoms with Crippen LogP contribution in [0.25, 0.3) is 0 Å². The summed E-state index contributed by atoms with van der Waals surface area (Å²) in [7, 11) is 0. The molecular formula is C26H43NO. The summed E-state index contributed by atoms with van der Waals surface area (Å²) in [6.07, 6.45) is 6.08. The average molecular weight is 386 g/mol. The number of hydrogen-bond donors (Lipinski definition) is 0. The highest BCUT2D eigenvalue weighted by Gasteiger charge is 2.69. The predicted molar refractivity (Wildman–Crippen MR) is 120 cm³/mol. The minimum absolute atomic E-state index is 0.0126. The Morgan fingerprint density at radius 1 is 1.04 bits per heavy atom. The van der Waals surface area contributed by atoms with Gasteiger partial charge in [0, 0.05) is 37.1 Å². The van der Waals surface area contributed by atoms with E-state index < -0.39 is 0 Å². The first-order valence-electron chi connectivity index (χ1n) is 11.6. The number of rotatable bonds is 9. The van der Waals surface area contributed by atoms with Crippen LogP contribution < -0.4 is 0 Å². The molecule has 2 bridgehead atoms. The molecule has 0 aromatic heterocycles. The molecule has 2 aliphatic rings. The fraction of sp³-hybridized carbons (Fsp3) is 0.769. The zero-order valence-electron chi connectivity index (χ0n) is 19.4. The lowest BCUT2D eigenvalue weighted by molar-refractivity contribution is -0.140. The molecule has 1 aromatic rings. The van der Waals surface area contributed by atoms with Gasteiger partial charge in [0.05, 0.1) is 5.60 Å². The third-order valence-electron chi connectivity index (χ3n) is 8.62. The van der Waals surface area contributed by atoms with Crippen LogP contribution in [0.4, 0.5) is 0 Å². The molecular weight excluding hydrogens is 342 g/mol. The second-order valence-electron chi connectivity index (χ2n) is 10.8. The third kappa shape index (κ3) is 3.67. The minimum atomic E-state index is -0.0126. The van der Waals surface area contributed by atoms with Crippen molar-refractivity contribution in [2.45, 2.75) is 98.3 Å². The van der Waals surface area contributed by atoms with E-state index in [-0.39, 0.29) is 11.0 Å². The van der Waals surface area contributed by atoms with Crippen LogP contribution in [0, 0.1) is 16.7 Å². The van der Waals surface area contributed by atoms with Crippen molar-refractivity contribution in [3.8, 4) is 0 Å². The zero-order valence-corrected chi connectivity index (χ0v) is 19.4. The monoisotopic (exact) mass is 385 g/mol. The van der Waals surface area contributed by atoms with Gasteiger partial charge in [-0.2, -0.15) is 0 Å². The molecule has 28 heavy (non-hydrogen) atoms. The number of ether oxygens (including phenoxy) is 1. The molecule has 0 radical (unpaired) electrons. The van der Waals surface area contributed by atoms with Gasteiger partial charge in [0.1, 0.15) is 0 Å². The summed E-state index contributed by atoms with van der Waals surface area (Å²) < 4.78 is 6.95. The normalized spacial score (nSPS) is 31.4. The minimum Gasteiger partial charge on any atom is -0.374 e. The van der Waals surface area contributed by atoms with Crippen LogP contribution in [-0.4, -0.2) is 35.7 Å². The van der Waals surface area contributed by atoms with Gasteiger partial charge in [0.15, 0.2) is 0 Å². The molecule has 0 heterocycles. The van der Waals surface area contributed by atoms with Crippen LogP contribution >= 0.6 is 0 Å². The largest absolute Gasteiger partial charge is 0.374 e. The van der Waals surface area contributed by atoms with E-state index in [1.165, 1.54) is 24.8 Å². The van der Waals surface area contributed by atoms with E-state index in [1.54, 1.807) is 0 Å². The van der Waals surface area contributed by atoms with Crippen molar-refractivity contribution in [1.82, 2.24) is 4.90 Å². The molecule has 158 valence electrons. The Kier molecular flexibility index (Phi) is 6.32. The zero-order chi connectivity index (χ0) is 20.6. The van der Waals surface area contributed by atoms with Gasteiger partial charge < -0.3 is 4.74 Å². The molecule has 0 amide bonds. The van der Waals surface area contributed by atoms with Crippen molar-refractivity contribution in [2.24, 2.45) is 16.7 Å². The molecule has 2 nitrogen and oxygen atoms in total. The predicted octanol–water partition coefficient (Wildman–Crippen LogP) is 6.34. The molecule has 2 fully saturated rings. The average Bonchev–Trinajstić information content (AvgIpc) is 2.94. The van der Waals surface area contributed by atoms with Gasteiger partial charge in [-0.1, -0.05) is 51.1 Å². The topological polar surface area (TPSA) is 12.5 Å². The lowest BCUT2D eigenvalue weighted by Gasteiger charge is -2.49. The molecule has 3 rings (SSSR count). The lowest BCUT2D eigenvalue weighted by atomic mass is 9.62. The highest BCUT2D eigenvalue weighted by Crippen LogP contribution is 2.71. The van der Waals surface area contributed by atoms with Gasteiger partial charge in [-0.25, -0.2) is 0 Å². The van der Waals surface area contributed by atoms with Gasteiger partial charge in [-0.3, -0.25) is 4.90 Å². The van der Waals surface area contributed by atoms with Gasteiger partial charge >= 0.3 is 0 Å². The first kappa shape index (κ1) is 21.8. The maximum atomic E-state index is 6.95. The van der Waals surface area contributed by atoms with E-state index in [4.69, 9.17) is 4.74 Å². The maximum absolute atomic E-state index is 6.95. The Hall–Kier alpha value is -0.860. The van der Waals surface area contributed by atoms with Crippen LogP contribution in [0.15, 0.2) is 30.3 Å². The fourth-order valence-corrected chi connectivity index (χ4v) is 6.48. The molecule has 2 saturated carbocycles. The van der Waals surface area contributed by atoms with Crippen molar-refractivity contribution < 1.29 is 4.74 Å². The first-order valence-corrected chi connectivity index (χ1v) is 11.6. The molecule has 0 N–H and O–H groups in total. The number of hydrogen-bond acceptors (Lipinski definition) is 2. The van der Waals surface area contributed by atoms with Crippen LogP contribution in [0.1, 0.15) is 79.7 Å². The summed E-state index contributed by atoms with van der Waals surface area (Å²) in [5.41, 5.74) is 2.04. The summed E-state index contributed by atoms with van der Waals surface area (Å²) >= 11 is 0. The van der Waals surface area contributed by atoms with Crippen molar-refractivity contribution >= 4 is 0 Å². The van der Waals surface area contributed by atoms with Crippen LogP contribution in [0.3, 0.4) is 0 Å². The highest BCUT2D eigenvalue weighted by atomic mass is 16.5. The third-order valence-corrected chi connectivity index (χ3v) is 8.62. The molecule has 1 aromatic carbocycles. The smallest absolute Gasteiger partial charge is 0.0783 e. The highest BCUT2D eigenvalue weighted by molar-refractivity contribution is 5.25. The Bertz CT molecular complexity index is 629. The second kappa shape index (κ2) is 8.11. The molecule has 3 atom stereocenters. The molecule has 2 aliphatic carbocycles. The van der Waals surface area contributed by atoms with E-state index in [0.717, 1.165) is 31.9 Å². The van der Waals surface area contributed by atoms with E-state index in [1.807, 2.05) is 0 Å². The maximum Gasteiger partial charge on any atom is 0.0783 e. The van der Waals surface area contributed by atoms with Crippen LogP contribution in [-0.2, 0) is 11.2 Å². The lowest BCUT2D eigenvalue weighted by Crippen LogP contribution is -2.51. The van der Waals surface area contributed by atoms with Crippen LogP contribution in [0.2, 0.25) is 0 Å². The summed E-state index contributed by atoms with van der Waals surface area (Å²) in [6, 6.07) is 12.2. The summed E-state index contributed by atoms with van der Waals surface area (Å²) in [6.45, 7) is 18.7. The van der Waals surface area contributed by atoms with Gasteiger partial charge in [0.25, 0.3) is 0 Å². The Morgan fingerprint density at radius 3 is 2.18 bits per heavy atom.